The first-order chi connectivity index (χ1) is 12.2. The molecule has 25 heavy (non-hydrogen) atoms. The number of pyridine rings is 2. The van der Waals surface area contributed by atoms with Gasteiger partial charge in [0.05, 0.1) is 18.1 Å². The molecule has 0 fully saturated rings. The molecular formula is C15H14N6O3S. The molecule has 0 radical (unpaired) electrons. The fourth-order valence-corrected chi connectivity index (χ4v) is 2.90. The number of rotatable bonds is 7. The molecule has 0 saturated heterocycles. The van der Waals surface area contributed by atoms with Crippen molar-refractivity contribution in [1.29, 1.82) is 0 Å². The minimum absolute atomic E-state index is 0.0531. The van der Waals surface area contributed by atoms with Gasteiger partial charge in [-0.1, -0.05) is 0 Å². The molecular weight excluding hydrogens is 344 g/mol. The van der Waals surface area contributed by atoms with Crippen LogP contribution in [0.5, 0.6) is 0 Å². The van der Waals surface area contributed by atoms with Gasteiger partial charge < -0.3 is 4.74 Å². The van der Waals surface area contributed by atoms with Gasteiger partial charge in [-0.15, -0.1) is 10.2 Å². The molecule has 3 rings (SSSR count). The van der Waals surface area contributed by atoms with Gasteiger partial charge in [-0.25, -0.2) is 4.98 Å². The van der Waals surface area contributed by atoms with Crippen LogP contribution in [0.15, 0.2) is 53.0 Å². The van der Waals surface area contributed by atoms with E-state index in [-0.39, 0.29) is 5.69 Å². The Kier molecular flexibility index (Phi) is 5.31. The van der Waals surface area contributed by atoms with Gasteiger partial charge in [-0.3, -0.25) is 19.7 Å². The molecule has 0 aliphatic rings. The summed E-state index contributed by atoms with van der Waals surface area (Å²) in [5.74, 6) is 0.698. The van der Waals surface area contributed by atoms with Crippen molar-refractivity contribution in [1.82, 2.24) is 24.7 Å². The number of ether oxygens (including phenoxy) is 1. The fraction of sp³-hybridized carbons (Fsp3) is 0.200. The van der Waals surface area contributed by atoms with E-state index in [1.807, 2.05) is 16.7 Å². The van der Waals surface area contributed by atoms with E-state index >= 15 is 0 Å². The highest BCUT2D eigenvalue weighted by atomic mass is 32.2. The van der Waals surface area contributed by atoms with E-state index in [9.17, 15) is 10.1 Å². The van der Waals surface area contributed by atoms with Gasteiger partial charge in [0.2, 0.25) is 0 Å². The zero-order valence-corrected chi connectivity index (χ0v) is 14.1. The van der Waals surface area contributed by atoms with E-state index in [1.54, 1.807) is 25.6 Å². The first kappa shape index (κ1) is 17.0. The summed E-state index contributed by atoms with van der Waals surface area (Å²) in [6.07, 6.45) is 4.60. The Hall–Kier alpha value is -2.85. The van der Waals surface area contributed by atoms with Crippen molar-refractivity contribution in [3.63, 3.8) is 0 Å². The number of nitrogens with zero attached hydrogens (tertiary/aromatic N) is 6. The van der Waals surface area contributed by atoms with Crippen molar-refractivity contribution in [2.75, 3.05) is 13.7 Å². The van der Waals surface area contributed by atoms with Gasteiger partial charge in [0, 0.05) is 31.1 Å². The zero-order valence-electron chi connectivity index (χ0n) is 13.3. The Morgan fingerprint density at radius 3 is 2.68 bits per heavy atom. The standard InChI is InChI=1S/C15H14N6O3S/c1-24-9-8-20-14(11-4-6-16-7-5-11)18-19-15(20)25-13-3-2-12(10-17-13)21(22)23/h2-7,10H,8-9H2,1H3. The molecule has 0 amide bonds. The maximum absolute atomic E-state index is 10.7. The molecule has 9 nitrogen and oxygen atoms in total. The molecule has 0 aliphatic carbocycles. The Morgan fingerprint density at radius 1 is 1.24 bits per heavy atom. The number of aromatic nitrogens is 5. The first-order valence-electron chi connectivity index (χ1n) is 7.30. The van der Waals surface area contributed by atoms with Crippen LogP contribution in [0.25, 0.3) is 11.4 Å². The van der Waals surface area contributed by atoms with Crippen molar-refractivity contribution in [2.45, 2.75) is 16.7 Å². The summed E-state index contributed by atoms with van der Waals surface area (Å²) >= 11 is 1.29. The lowest BCUT2D eigenvalue weighted by Gasteiger charge is -2.09. The zero-order chi connectivity index (χ0) is 17.6. The molecule has 0 unspecified atom stereocenters. The third-order valence-corrected chi connectivity index (χ3v) is 4.24. The fourth-order valence-electron chi connectivity index (χ4n) is 2.10. The minimum Gasteiger partial charge on any atom is -0.383 e. The minimum atomic E-state index is -0.482. The van der Waals surface area contributed by atoms with Crippen LogP contribution in [-0.2, 0) is 11.3 Å². The van der Waals surface area contributed by atoms with Crippen molar-refractivity contribution in [3.8, 4) is 11.4 Å². The second-order valence-electron chi connectivity index (χ2n) is 4.90. The Labute approximate surface area is 147 Å². The summed E-state index contributed by atoms with van der Waals surface area (Å²) in [6.45, 7) is 1.06. The Morgan fingerprint density at radius 2 is 2.04 bits per heavy atom. The second-order valence-corrected chi connectivity index (χ2v) is 5.89. The lowest BCUT2D eigenvalue weighted by molar-refractivity contribution is -0.385. The van der Waals surface area contributed by atoms with E-state index in [0.717, 1.165) is 5.56 Å². The van der Waals surface area contributed by atoms with Crippen molar-refractivity contribution < 1.29 is 9.66 Å². The summed E-state index contributed by atoms with van der Waals surface area (Å²) in [6, 6.07) is 6.71. The van der Waals surface area contributed by atoms with Gasteiger partial charge in [-0.2, -0.15) is 0 Å². The van der Waals surface area contributed by atoms with Crippen LogP contribution in [0.4, 0.5) is 5.69 Å². The quantitative estimate of drug-likeness (QED) is 0.468. The summed E-state index contributed by atoms with van der Waals surface area (Å²) in [5.41, 5.74) is 0.838. The normalized spacial score (nSPS) is 10.8. The van der Waals surface area contributed by atoms with Gasteiger partial charge in [0.1, 0.15) is 11.2 Å². The van der Waals surface area contributed by atoms with Gasteiger partial charge >= 0.3 is 0 Å². The molecule has 0 bridgehead atoms. The molecule has 0 aromatic carbocycles. The average Bonchev–Trinajstić information content (AvgIpc) is 3.03. The number of methoxy groups -OCH3 is 1. The number of hydrogen-bond donors (Lipinski definition) is 0. The maximum Gasteiger partial charge on any atom is 0.287 e. The lowest BCUT2D eigenvalue weighted by Crippen LogP contribution is -2.07. The molecule has 0 atom stereocenters. The molecule has 128 valence electrons. The SMILES string of the molecule is COCCn1c(Sc2ccc([N+](=O)[O-])cn2)nnc1-c1ccncc1. The van der Waals surface area contributed by atoms with Crippen LogP contribution in [0, 0.1) is 10.1 Å². The smallest absolute Gasteiger partial charge is 0.287 e. The highest BCUT2D eigenvalue weighted by Crippen LogP contribution is 2.28. The highest BCUT2D eigenvalue weighted by molar-refractivity contribution is 7.99. The summed E-state index contributed by atoms with van der Waals surface area (Å²) in [4.78, 5) is 18.3. The third kappa shape index (κ3) is 3.98. The van der Waals surface area contributed by atoms with Gasteiger partial charge in [0.25, 0.3) is 5.69 Å². The second kappa shape index (κ2) is 7.81. The van der Waals surface area contributed by atoms with Gasteiger partial charge in [0.15, 0.2) is 11.0 Å². The number of nitro groups is 1. The van der Waals surface area contributed by atoms with E-state index in [2.05, 4.69) is 20.2 Å². The van der Waals surface area contributed by atoms with Crippen LogP contribution in [0.2, 0.25) is 0 Å². The molecule has 3 aromatic heterocycles. The summed E-state index contributed by atoms with van der Waals surface area (Å²) in [7, 11) is 1.63. The van der Waals surface area contributed by atoms with Crippen molar-refractivity contribution in [2.24, 2.45) is 0 Å². The molecule has 3 heterocycles. The van der Waals surface area contributed by atoms with Crippen molar-refractivity contribution in [3.05, 3.63) is 53.0 Å². The highest BCUT2D eigenvalue weighted by Gasteiger charge is 2.16. The van der Waals surface area contributed by atoms with Crippen molar-refractivity contribution >= 4 is 17.4 Å². The lowest BCUT2D eigenvalue weighted by atomic mass is 10.2. The third-order valence-electron chi connectivity index (χ3n) is 3.30. The maximum atomic E-state index is 10.7. The van der Waals surface area contributed by atoms with Crippen LogP contribution in [0.1, 0.15) is 0 Å². The Balaban J connectivity index is 1.90. The van der Waals surface area contributed by atoms with E-state index in [1.165, 1.54) is 24.0 Å². The van der Waals surface area contributed by atoms with Crippen LogP contribution in [-0.4, -0.2) is 43.4 Å². The molecule has 10 heteroatoms. The van der Waals surface area contributed by atoms with E-state index in [4.69, 9.17) is 4.74 Å². The predicted molar refractivity (Wildman–Crippen MR) is 90.1 cm³/mol. The van der Waals surface area contributed by atoms with Crippen LogP contribution < -0.4 is 0 Å². The van der Waals surface area contributed by atoms with E-state index in [0.29, 0.717) is 29.2 Å². The molecule has 0 aliphatic heterocycles. The molecule has 3 aromatic rings. The summed E-state index contributed by atoms with van der Waals surface area (Å²) < 4.78 is 7.09. The predicted octanol–water partition coefficient (Wildman–Crippen LogP) is 2.44. The van der Waals surface area contributed by atoms with Crippen LogP contribution >= 0.6 is 11.8 Å². The molecule has 0 spiro atoms. The number of hydrogen-bond acceptors (Lipinski definition) is 8. The first-order valence-corrected chi connectivity index (χ1v) is 8.11. The van der Waals surface area contributed by atoms with Gasteiger partial charge in [-0.05, 0) is 30.0 Å². The van der Waals surface area contributed by atoms with Crippen LogP contribution in [0.3, 0.4) is 0 Å². The van der Waals surface area contributed by atoms with E-state index < -0.39 is 4.92 Å². The summed E-state index contributed by atoms with van der Waals surface area (Å²) in [5, 5.41) is 20.4. The monoisotopic (exact) mass is 358 g/mol. The molecule has 0 N–H and O–H groups in total. The topological polar surface area (TPSA) is 109 Å². The molecule has 0 saturated carbocycles. The Bertz CT molecular complexity index is 853. The largest absolute Gasteiger partial charge is 0.383 e. The average molecular weight is 358 g/mol.